The Bertz CT molecular complexity index is 791. The molecule has 0 spiro atoms. The number of aromatic nitrogens is 2. The molecule has 3 rings (SSSR count). The predicted octanol–water partition coefficient (Wildman–Crippen LogP) is 2.51. The van der Waals surface area contributed by atoms with E-state index in [9.17, 15) is 10.1 Å². The van der Waals surface area contributed by atoms with Gasteiger partial charge in [-0.15, -0.1) is 0 Å². The highest BCUT2D eigenvalue weighted by Crippen LogP contribution is 2.26. The maximum absolute atomic E-state index is 11.3. The van der Waals surface area contributed by atoms with Gasteiger partial charge in [-0.25, -0.2) is 4.98 Å². The topological polar surface area (TPSA) is 145 Å². The maximum atomic E-state index is 11.3. The van der Waals surface area contributed by atoms with Gasteiger partial charge in [0.25, 0.3) is 0 Å². The van der Waals surface area contributed by atoms with Gasteiger partial charge in [-0.1, -0.05) is 12.1 Å². The number of nitrogens with two attached hydrogens (primary N) is 2. The molecule has 1 aliphatic carbocycles. The third-order valence-corrected chi connectivity index (χ3v) is 4.82. The van der Waals surface area contributed by atoms with E-state index in [0.29, 0.717) is 30.6 Å². The van der Waals surface area contributed by atoms with Crippen LogP contribution < -0.4 is 22.1 Å². The van der Waals surface area contributed by atoms with Gasteiger partial charge in [0.2, 0.25) is 11.8 Å². The molecule has 0 bridgehead atoms. The van der Waals surface area contributed by atoms with Gasteiger partial charge in [0, 0.05) is 24.8 Å². The van der Waals surface area contributed by atoms with Gasteiger partial charge >= 0.3 is 5.69 Å². The molecule has 1 heterocycles. The first-order valence-corrected chi connectivity index (χ1v) is 9.10. The molecule has 0 saturated heterocycles. The van der Waals surface area contributed by atoms with E-state index in [1.165, 1.54) is 6.20 Å². The molecule has 144 valence electrons. The fourth-order valence-electron chi connectivity index (χ4n) is 3.24. The normalized spacial score (nSPS) is 19.4. The maximum Gasteiger partial charge on any atom is 0.329 e. The Hall–Kier alpha value is -2.94. The summed E-state index contributed by atoms with van der Waals surface area (Å²) in [5.41, 5.74) is 13.2. The van der Waals surface area contributed by atoms with Crippen LogP contribution in [0.1, 0.15) is 31.2 Å². The van der Waals surface area contributed by atoms with Crippen LogP contribution in [0.25, 0.3) is 0 Å². The monoisotopic (exact) mass is 371 g/mol. The molecular weight excluding hydrogens is 346 g/mol. The number of nitrogens with zero attached hydrogens (tertiary/aromatic N) is 3. The van der Waals surface area contributed by atoms with Crippen LogP contribution in [0.2, 0.25) is 0 Å². The van der Waals surface area contributed by atoms with E-state index in [1.54, 1.807) is 0 Å². The van der Waals surface area contributed by atoms with Crippen LogP contribution in [0.3, 0.4) is 0 Å². The summed E-state index contributed by atoms with van der Waals surface area (Å²) in [7, 11) is 0. The highest BCUT2D eigenvalue weighted by atomic mass is 16.6. The van der Waals surface area contributed by atoms with Crippen molar-refractivity contribution in [1.29, 1.82) is 0 Å². The fourth-order valence-corrected chi connectivity index (χ4v) is 3.24. The Balaban J connectivity index is 1.65. The van der Waals surface area contributed by atoms with Crippen molar-refractivity contribution < 1.29 is 4.92 Å². The number of hydrogen-bond acceptors (Lipinski definition) is 8. The van der Waals surface area contributed by atoms with E-state index in [4.69, 9.17) is 11.5 Å². The second kappa shape index (κ2) is 8.63. The molecule has 1 fully saturated rings. The van der Waals surface area contributed by atoms with E-state index in [0.717, 1.165) is 31.2 Å². The summed E-state index contributed by atoms with van der Waals surface area (Å²) in [6, 6.07) is 7.74. The van der Waals surface area contributed by atoms with Crippen LogP contribution in [0, 0.1) is 16.0 Å². The quantitative estimate of drug-likeness (QED) is 0.330. The summed E-state index contributed by atoms with van der Waals surface area (Å²) in [5.74, 6) is 1.01. The molecule has 1 saturated carbocycles. The highest BCUT2D eigenvalue weighted by Gasteiger charge is 2.21. The lowest BCUT2D eigenvalue weighted by Gasteiger charge is -2.26. The summed E-state index contributed by atoms with van der Waals surface area (Å²) in [4.78, 5) is 19.2. The molecule has 27 heavy (non-hydrogen) atoms. The molecule has 0 radical (unpaired) electrons. The van der Waals surface area contributed by atoms with Crippen molar-refractivity contribution in [1.82, 2.24) is 9.97 Å². The van der Waals surface area contributed by atoms with Crippen molar-refractivity contribution in [2.75, 3.05) is 22.9 Å². The van der Waals surface area contributed by atoms with E-state index in [2.05, 4.69) is 20.6 Å². The number of anilines is 3. The van der Waals surface area contributed by atoms with Crippen molar-refractivity contribution >= 4 is 23.1 Å². The largest absolute Gasteiger partial charge is 0.399 e. The van der Waals surface area contributed by atoms with Gasteiger partial charge in [0.1, 0.15) is 6.20 Å². The third-order valence-electron chi connectivity index (χ3n) is 4.82. The van der Waals surface area contributed by atoms with Gasteiger partial charge in [-0.3, -0.25) is 10.1 Å². The Morgan fingerprint density at radius 1 is 1.22 bits per heavy atom. The minimum atomic E-state index is -0.471. The molecule has 0 unspecified atom stereocenters. The molecule has 9 heteroatoms. The van der Waals surface area contributed by atoms with Crippen molar-refractivity contribution in [3.8, 4) is 0 Å². The van der Waals surface area contributed by atoms with Crippen LogP contribution in [-0.4, -0.2) is 27.5 Å². The first-order chi connectivity index (χ1) is 13.0. The first-order valence-electron chi connectivity index (χ1n) is 9.10. The SMILES string of the molecule is Nc1cccc(CNc2ncc([N+](=O)[O-])c(NCC3CCC(N)CC3)n2)c1. The zero-order chi connectivity index (χ0) is 19.2. The minimum absolute atomic E-state index is 0.128. The summed E-state index contributed by atoms with van der Waals surface area (Å²) in [6.45, 7) is 1.11. The Kier molecular flexibility index (Phi) is 6.02. The van der Waals surface area contributed by atoms with Crippen LogP contribution in [0.4, 0.5) is 23.1 Å². The van der Waals surface area contributed by atoms with Gasteiger partial charge in [0.15, 0.2) is 0 Å². The molecule has 0 atom stereocenters. The first kappa shape index (κ1) is 18.8. The molecule has 6 N–H and O–H groups in total. The van der Waals surface area contributed by atoms with E-state index in [-0.39, 0.29) is 17.5 Å². The summed E-state index contributed by atoms with van der Waals surface area (Å²) >= 11 is 0. The predicted molar refractivity (Wildman–Crippen MR) is 105 cm³/mol. The average Bonchev–Trinajstić information content (AvgIpc) is 2.66. The van der Waals surface area contributed by atoms with Crippen LogP contribution in [0.5, 0.6) is 0 Å². The molecule has 2 aromatic rings. The zero-order valence-corrected chi connectivity index (χ0v) is 15.1. The molecule has 1 aromatic heterocycles. The number of rotatable bonds is 7. The molecule has 1 aliphatic rings. The van der Waals surface area contributed by atoms with Gasteiger partial charge in [-0.2, -0.15) is 4.98 Å². The van der Waals surface area contributed by atoms with Crippen molar-refractivity contribution in [2.24, 2.45) is 11.7 Å². The van der Waals surface area contributed by atoms with Gasteiger partial charge < -0.3 is 22.1 Å². The standard InChI is InChI=1S/C18H25N7O2/c19-14-6-4-12(5-7-14)9-21-17-16(25(26)27)11-23-18(24-17)22-10-13-2-1-3-15(20)8-13/h1-3,8,11-12,14H,4-7,9-10,19-20H2,(H2,21,22,23,24). The molecular formula is C18H25N7O2. The lowest BCUT2D eigenvalue weighted by Crippen LogP contribution is -2.29. The molecule has 1 aromatic carbocycles. The van der Waals surface area contributed by atoms with Gasteiger partial charge in [0.05, 0.1) is 4.92 Å². The number of nitrogen functional groups attached to an aromatic ring is 1. The highest BCUT2D eigenvalue weighted by molar-refractivity contribution is 5.57. The number of hydrogen-bond donors (Lipinski definition) is 4. The van der Waals surface area contributed by atoms with E-state index < -0.39 is 4.92 Å². The molecule has 0 aliphatic heterocycles. The summed E-state index contributed by atoms with van der Waals surface area (Å²) in [6.07, 6.45) is 5.26. The lowest BCUT2D eigenvalue weighted by molar-refractivity contribution is -0.384. The second-order valence-corrected chi connectivity index (χ2v) is 6.94. The number of nitro groups is 1. The van der Waals surface area contributed by atoms with Crippen molar-refractivity contribution in [2.45, 2.75) is 38.3 Å². The average molecular weight is 371 g/mol. The smallest absolute Gasteiger partial charge is 0.329 e. The fraction of sp³-hybridized carbons (Fsp3) is 0.444. The Labute approximate surface area is 157 Å². The summed E-state index contributed by atoms with van der Waals surface area (Å²) in [5, 5.41) is 17.5. The Morgan fingerprint density at radius 3 is 2.70 bits per heavy atom. The van der Waals surface area contributed by atoms with Crippen LogP contribution in [-0.2, 0) is 6.54 Å². The van der Waals surface area contributed by atoms with Crippen LogP contribution >= 0.6 is 0 Å². The Morgan fingerprint density at radius 2 is 2.00 bits per heavy atom. The third kappa shape index (κ3) is 5.27. The zero-order valence-electron chi connectivity index (χ0n) is 15.1. The molecule has 9 nitrogen and oxygen atoms in total. The van der Waals surface area contributed by atoms with Crippen LogP contribution in [0.15, 0.2) is 30.5 Å². The van der Waals surface area contributed by atoms with Crippen molar-refractivity contribution in [3.05, 3.63) is 46.1 Å². The number of nitrogens with one attached hydrogen (secondary N) is 2. The van der Waals surface area contributed by atoms with Crippen molar-refractivity contribution in [3.63, 3.8) is 0 Å². The molecule has 0 amide bonds. The second-order valence-electron chi connectivity index (χ2n) is 6.94. The lowest BCUT2D eigenvalue weighted by atomic mass is 9.86. The minimum Gasteiger partial charge on any atom is -0.399 e. The summed E-state index contributed by atoms with van der Waals surface area (Å²) < 4.78 is 0. The number of benzene rings is 1. The van der Waals surface area contributed by atoms with E-state index >= 15 is 0 Å². The van der Waals surface area contributed by atoms with E-state index in [1.807, 2.05) is 24.3 Å². The van der Waals surface area contributed by atoms with Gasteiger partial charge in [-0.05, 0) is 49.3 Å².